The van der Waals surface area contributed by atoms with Crippen molar-refractivity contribution in [3.63, 3.8) is 0 Å². The van der Waals surface area contributed by atoms with Crippen molar-refractivity contribution >= 4 is 21.4 Å². The molecule has 0 saturated carbocycles. The highest BCUT2D eigenvalue weighted by Crippen LogP contribution is 2.14. The number of rotatable bonds is 5. The number of halogens is 1. The van der Waals surface area contributed by atoms with Gasteiger partial charge in [-0.2, -0.15) is 0 Å². The van der Waals surface area contributed by atoms with E-state index in [-0.39, 0.29) is 5.75 Å². The summed E-state index contributed by atoms with van der Waals surface area (Å²) in [6, 6.07) is 7.00. The maximum atomic E-state index is 11.8. The van der Waals surface area contributed by atoms with Crippen molar-refractivity contribution in [3.05, 3.63) is 29.8 Å². The quantitative estimate of drug-likeness (QED) is 0.591. The molecule has 0 aliphatic heterocycles. The number of sulfone groups is 1. The van der Waals surface area contributed by atoms with Gasteiger partial charge in [0.25, 0.3) is 0 Å². The van der Waals surface area contributed by atoms with Crippen molar-refractivity contribution in [1.29, 1.82) is 0 Å². The fourth-order valence-electron chi connectivity index (χ4n) is 1.31. The fourth-order valence-corrected chi connectivity index (χ4v) is 2.97. The first-order valence-corrected chi connectivity index (χ1v) is 7.10. The second-order valence-corrected chi connectivity index (χ2v) is 6.02. The first-order valence-electron chi connectivity index (χ1n) is 4.91. The Morgan fingerprint density at radius 3 is 2.60 bits per heavy atom. The Balaban J connectivity index is 2.77. The molecule has 0 aliphatic carbocycles. The molecule has 0 bridgehead atoms. The molecule has 2 nitrogen and oxygen atoms in total. The topological polar surface area (TPSA) is 34.1 Å². The fraction of sp³-hybridized carbons (Fsp3) is 0.455. The van der Waals surface area contributed by atoms with Crippen molar-refractivity contribution in [1.82, 2.24) is 0 Å². The Morgan fingerprint density at radius 2 is 2.00 bits per heavy atom. The molecule has 0 spiro atoms. The zero-order chi connectivity index (χ0) is 11.3. The summed E-state index contributed by atoms with van der Waals surface area (Å²) in [5.74, 6) is 0.701. The predicted octanol–water partition coefficient (Wildman–Crippen LogP) is 2.79. The van der Waals surface area contributed by atoms with Gasteiger partial charge in [-0.3, -0.25) is 0 Å². The van der Waals surface area contributed by atoms with Crippen LogP contribution in [0.3, 0.4) is 0 Å². The monoisotopic (exact) mass is 246 g/mol. The van der Waals surface area contributed by atoms with Crippen LogP contribution in [0.5, 0.6) is 0 Å². The van der Waals surface area contributed by atoms with Gasteiger partial charge >= 0.3 is 0 Å². The molecule has 0 aliphatic rings. The lowest BCUT2D eigenvalue weighted by Crippen LogP contribution is -2.07. The molecule has 1 aromatic carbocycles. The maximum absolute atomic E-state index is 11.8. The van der Waals surface area contributed by atoms with Gasteiger partial charge in [-0.15, -0.1) is 11.6 Å². The molecule has 1 rings (SSSR count). The molecule has 4 heteroatoms. The summed E-state index contributed by atoms with van der Waals surface area (Å²) in [6.45, 7) is 1.89. The lowest BCUT2D eigenvalue weighted by atomic mass is 10.2. The molecule has 15 heavy (non-hydrogen) atoms. The summed E-state index contributed by atoms with van der Waals surface area (Å²) in [7, 11) is -3.11. The van der Waals surface area contributed by atoms with Gasteiger partial charge in [-0.05, 0) is 37.5 Å². The van der Waals surface area contributed by atoms with E-state index >= 15 is 0 Å². The van der Waals surface area contributed by atoms with Gasteiger partial charge in [-0.25, -0.2) is 8.42 Å². The minimum Gasteiger partial charge on any atom is -0.224 e. The second kappa shape index (κ2) is 5.52. The standard InChI is InChI=1S/C11H15ClO2S/c1-10-5-4-6-11(9-10)15(13,14)8-3-2-7-12/h4-6,9H,2-3,7-8H2,1H3. The van der Waals surface area contributed by atoms with E-state index in [0.29, 0.717) is 17.2 Å². The summed E-state index contributed by atoms with van der Waals surface area (Å²) >= 11 is 5.51. The largest absolute Gasteiger partial charge is 0.224 e. The van der Waals surface area contributed by atoms with Crippen molar-refractivity contribution in [2.24, 2.45) is 0 Å². The number of unbranched alkanes of at least 4 members (excludes halogenated alkanes) is 1. The van der Waals surface area contributed by atoms with Crippen LogP contribution in [0.25, 0.3) is 0 Å². The zero-order valence-corrected chi connectivity index (χ0v) is 10.3. The van der Waals surface area contributed by atoms with Crippen molar-refractivity contribution < 1.29 is 8.42 Å². The molecule has 0 radical (unpaired) electrons. The van der Waals surface area contributed by atoms with Crippen LogP contribution >= 0.6 is 11.6 Å². The van der Waals surface area contributed by atoms with Crippen LogP contribution in [-0.2, 0) is 9.84 Å². The van der Waals surface area contributed by atoms with Gasteiger partial charge < -0.3 is 0 Å². The maximum Gasteiger partial charge on any atom is 0.178 e. The minimum absolute atomic E-state index is 0.184. The molecule has 0 aromatic heterocycles. The number of aryl methyl sites for hydroxylation is 1. The molecule has 0 saturated heterocycles. The average molecular weight is 247 g/mol. The first-order chi connectivity index (χ1) is 7.06. The predicted molar refractivity (Wildman–Crippen MR) is 63.2 cm³/mol. The Bertz CT molecular complexity index is 412. The van der Waals surface area contributed by atoms with E-state index in [1.54, 1.807) is 18.2 Å². The molecule has 0 heterocycles. The summed E-state index contributed by atoms with van der Waals surface area (Å²) < 4.78 is 23.6. The van der Waals surface area contributed by atoms with Crippen LogP contribution in [-0.4, -0.2) is 20.1 Å². The molecule has 0 atom stereocenters. The lowest BCUT2D eigenvalue weighted by molar-refractivity contribution is 0.592. The minimum atomic E-state index is -3.11. The SMILES string of the molecule is Cc1cccc(S(=O)(=O)CCCCCl)c1. The number of benzene rings is 1. The molecule has 84 valence electrons. The third-order valence-corrected chi connectivity index (χ3v) is 4.21. The van der Waals surface area contributed by atoms with E-state index in [1.807, 2.05) is 13.0 Å². The van der Waals surface area contributed by atoms with Crippen molar-refractivity contribution in [2.45, 2.75) is 24.7 Å². The Kier molecular flexibility index (Phi) is 4.61. The van der Waals surface area contributed by atoms with Crippen LogP contribution in [0, 0.1) is 6.92 Å². The Hall–Kier alpha value is -0.540. The van der Waals surface area contributed by atoms with E-state index in [0.717, 1.165) is 12.0 Å². The van der Waals surface area contributed by atoms with Crippen molar-refractivity contribution in [3.8, 4) is 0 Å². The first kappa shape index (κ1) is 12.5. The van der Waals surface area contributed by atoms with E-state index in [2.05, 4.69) is 0 Å². The summed E-state index contributed by atoms with van der Waals surface area (Å²) in [5, 5.41) is 0. The van der Waals surface area contributed by atoms with Crippen LogP contribution in [0.15, 0.2) is 29.2 Å². The molecular formula is C11H15ClO2S. The molecular weight excluding hydrogens is 232 g/mol. The van der Waals surface area contributed by atoms with Gasteiger partial charge in [0.1, 0.15) is 0 Å². The van der Waals surface area contributed by atoms with E-state index in [9.17, 15) is 8.42 Å². The van der Waals surface area contributed by atoms with Gasteiger partial charge in [-0.1, -0.05) is 12.1 Å². The highest BCUT2D eigenvalue weighted by atomic mass is 35.5. The third kappa shape index (κ3) is 3.84. The highest BCUT2D eigenvalue weighted by molar-refractivity contribution is 7.91. The molecule has 0 fully saturated rings. The normalized spacial score (nSPS) is 11.6. The summed E-state index contributed by atoms with van der Waals surface area (Å²) in [5.41, 5.74) is 0.966. The third-order valence-electron chi connectivity index (χ3n) is 2.15. The van der Waals surface area contributed by atoms with Crippen LogP contribution in [0.4, 0.5) is 0 Å². The number of alkyl halides is 1. The summed E-state index contributed by atoms with van der Waals surface area (Å²) in [6.07, 6.45) is 1.37. The lowest BCUT2D eigenvalue weighted by Gasteiger charge is -2.04. The molecule has 0 N–H and O–H groups in total. The van der Waals surface area contributed by atoms with Crippen LogP contribution < -0.4 is 0 Å². The van der Waals surface area contributed by atoms with E-state index in [1.165, 1.54) is 0 Å². The van der Waals surface area contributed by atoms with Gasteiger partial charge in [0.2, 0.25) is 0 Å². The molecule has 0 amide bonds. The van der Waals surface area contributed by atoms with Crippen LogP contribution in [0.2, 0.25) is 0 Å². The van der Waals surface area contributed by atoms with Crippen molar-refractivity contribution in [2.75, 3.05) is 11.6 Å². The highest BCUT2D eigenvalue weighted by Gasteiger charge is 2.13. The smallest absolute Gasteiger partial charge is 0.178 e. The van der Waals surface area contributed by atoms with E-state index in [4.69, 9.17) is 11.6 Å². The Morgan fingerprint density at radius 1 is 1.27 bits per heavy atom. The molecule has 0 unspecified atom stereocenters. The van der Waals surface area contributed by atoms with Gasteiger partial charge in [0.05, 0.1) is 10.6 Å². The van der Waals surface area contributed by atoms with Gasteiger partial charge in [0.15, 0.2) is 9.84 Å². The van der Waals surface area contributed by atoms with Gasteiger partial charge in [0, 0.05) is 5.88 Å². The molecule has 1 aromatic rings. The van der Waals surface area contributed by atoms with Crippen LogP contribution in [0.1, 0.15) is 18.4 Å². The number of hydrogen-bond donors (Lipinski definition) is 0. The number of hydrogen-bond acceptors (Lipinski definition) is 2. The second-order valence-electron chi connectivity index (χ2n) is 3.53. The van der Waals surface area contributed by atoms with E-state index < -0.39 is 9.84 Å². The Labute approximate surface area is 96.2 Å². The average Bonchev–Trinajstić information content (AvgIpc) is 2.18. The summed E-state index contributed by atoms with van der Waals surface area (Å²) in [4.78, 5) is 0.414. The zero-order valence-electron chi connectivity index (χ0n) is 8.74.